The van der Waals surface area contributed by atoms with Crippen molar-refractivity contribution in [2.45, 2.75) is 4.90 Å². The van der Waals surface area contributed by atoms with Crippen LogP contribution in [0.3, 0.4) is 0 Å². The molecule has 3 rings (SSSR count). The number of nitrogens with one attached hydrogen (secondary N) is 1. The van der Waals surface area contributed by atoms with Gasteiger partial charge in [0.25, 0.3) is 10.0 Å². The number of methoxy groups -OCH3 is 2. The third-order valence-corrected chi connectivity index (χ3v) is 7.11. The number of hydrogen-bond acceptors (Lipinski definition) is 5. The summed E-state index contributed by atoms with van der Waals surface area (Å²) >= 11 is 12.1. The van der Waals surface area contributed by atoms with Crippen molar-refractivity contribution in [1.82, 2.24) is 0 Å². The van der Waals surface area contributed by atoms with Gasteiger partial charge in [-0.2, -0.15) is 0 Å². The molecule has 0 atom stereocenters. The van der Waals surface area contributed by atoms with Crippen LogP contribution in [-0.2, 0) is 14.8 Å². The lowest BCUT2D eigenvalue weighted by Crippen LogP contribution is -2.38. The van der Waals surface area contributed by atoms with E-state index in [2.05, 4.69) is 5.32 Å². The first-order valence-corrected chi connectivity index (χ1v) is 11.5. The molecule has 0 radical (unpaired) electrons. The molecule has 0 spiro atoms. The minimum Gasteiger partial charge on any atom is -0.493 e. The maximum Gasteiger partial charge on any atom is 0.264 e. The number of anilines is 2. The summed E-state index contributed by atoms with van der Waals surface area (Å²) in [5, 5.41) is 3.03. The average Bonchev–Trinajstić information content (AvgIpc) is 2.80. The Hall–Kier alpha value is -2.94. The summed E-state index contributed by atoms with van der Waals surface area (Å²) in [6.07, 6.45) is 0. The van der Waals surface area contributed by atoms with Crippen LogP contribution in [0, 0.1) is 0 Å². The molecule has 0 aromatic heterocycles. The lowest BCUT2D eigenvalue weighted by Gasteiger charge is -2.25. The van der Waals surface area contributed by atoms with Crippen molar-refractivity contribution in [1.29, 1.82) is 0 Å². The van der Waals surface area contributed by atoms with Gasteiger partial charge in [0.15, 0.2) is 11.5 Å². The van der Waals surface area contributed by atoms with Crippen LogP contribution in [0.1, 0.15) is 0 Å². The fourth-order valence-electron chi connectivity index (χ4n) is 2.94. The largest absolute Gasteiger partial charge is 0.493 e. The molecule has 0 saturated carbocycles. The molecule has 0 saturated heterocycles. The predicted molar refractivity (Wildman–Crippen MR) is 126 cm³/mol. The second kappa shape index (κ2) is 10.1. The van der Waals surface area contributed by atoms with Crippen LogP contribution in [0.15, 0.2) is 71.6 Å². The SMILES string of the molecule is COc1ccc(N(CC(=O)Nc2cccc(Cl)c2Cl)S(=O)(=O)c2ccccc2)cc1OC. The lowest BCUT2D eigenvalue weighted by atomic mass is 10.2. The molecule has 1 N–H and O–H groups in total. The molecule has 0 unspecified atom stereocenters. The highest BCUT2D eigenvalue weighted by molar-refractivity contribution is 7.92. The number of carbonyl (C=O) groups excluding carboxylic acids is 1. The van der Waals surface area contributed by atoms with E-state index in [0.717, 1.165) is 4.31 Å². The molecule has 3 aromatic rings. The minimum atomic E-state index is -4.09. The van der Waals surface area contributed by atoms with Crippen molar-refractivity contribution in [2.24, 2.45) is 0 Å². The van der Waals surface area contributed by atoms with E-state index in [9.17, 15) is 13.2 Å². The average molecular weight is 495 g/mol. The summed E-state index contributed by atoms with van der Waals surface area (Å²) in [5.41, 5.74) is 0.493. The van der Waals surface area contributed by atoms with Crippen molar-refractivity contribution in [3.8, 4) is 11.5 Å². The summed E-state index contributed by atoms with van der Waals surface area (Å²) in [5.74, 6) is 0.128. The monoisotopic (exact) mass is 494 g/mol. The topological polar surface area (TPSA) is 84.9 Å². The molecule has 0 aliphatic heterocycles. The summed E-state index contributed by atoms with van der Waals surface area (Å²) in [4.78, 5) is 12.9. The van der Waals surface area contributed by atoms with E-state index in [4.69, 9.17) is 32.7 Å². The Morgan fingerprint density at radius 1 is 0.938 bits per heavy atom. The first-order chi connectivity index (χ1) is 15.3. The van der Waals surface area contributed by atoms with E-state index in [0.29, 0.717) is 11.5 Å². The van der Waals surface area contributed by atoms with E-state index >= 15 is 0 Å². The van der Waals surface area contributed by atoms with Gasteiger partial charge in [0, 0.05) is 6.07 Å². The van der Waals surface area contributed by atoms with Crippen LogP contribution < -0.4 is 19.1 Å². The lowest BCUT2D eigenvalue weighted by molar-refractivity contribution is -0.114. The standard InChI is InChI=1S/C22H20Cl2N2O5S/c1-30-19-12-11-15(13-20(19)31-2)26(32(28,29)16-7-4-3-5-8-16)14-21(27)25-18-10-6-9-17(23)22(18)24/h3-13H,14H2,1-2H3,(H,25,27). The molecule has 1 amide bonds. The van der Waals surface area contributed by atoms with E-state index in [1.807, 2.05) is 0 Å². The van der Waals surface area contributed by atoms with Crippen molar-refractivity contribution in [3.63, 3.8) is 0 Å². The number of halogens is 2. The maximum atomic E-state index is 13.4. The van der Waals surface area contributed by atoms with Crippen molar-refractivity contribution in [3.05, 3.63) is 76.8 Å². The zero-order valence-electron chi connectivity index (χ0n) is 17.2. The summed E-state index contributed by atoms with van der Waals surface area (Å²) < 4.78 is 38.4. The first kappa shape index (κ1) is 23.7. The fourth-order valence-corrected chi connectivity index (χ4v) is 4.72. The van der Waals surface area contributed by atoms with Crippen molar-refractivity contribution in [2.75, 3.05) is 30.4 Å². The summed E-state index contributed by atoms with van der Waals surface area (Å²) in [6.45, 7) is -0.518. The Kier molecular flexibility index (Phi) is 7.50. The van der Waals surface area contributed by atoms with E-state index in [1.54, 1.807) is 42.5 Å². The van der Waals surface area contributed by atoms with Crippen LogP contribution in [0.5, 0.6) is 11.5 Å². The summed E-state index contributed by atoms with van der Waals surface area (Å²) in [7, 11) is -1.18. The molecule has 0 heterocycles. The Balaban J connectivity index is 2.01. The molecule has 0 aliphatic carbocycles. The van der Waals surface area contributed by atoms with Crippen LogP contribution in [0.2, 0.25) is 10.0 Å². The molecular weight excluding hydrogens is 475 g/mol. The van der Waals surface area contributed by atoms with E-state index in [1.165, 1.54) is 38.5 Å². The smallest absolute Gasteiger partial charge is 0.264 e. The van der Waals surface area contributed by atoms with Gasteiger partial charge in [-0.1, -0.05) is 47.5 Å². The maximum absolute atomic E-state index is 13.4. The van der Waals surface area contributed by atoms with Crippen LogP contribution in [0.4, 0.5) is 11.4 Å². The van der Waals surface area contributed by atoms with Crippen LogP contribution in [0.25, 0.3) is 0 Å². The molecule has 10 heteroatoms. The third kappa shape index (κ3) is 5.09. The second-order valence-electron chi connectivity index (χ2n) is 6.51. The minimum absolute atomic E-state index is 0.0309. The van der Waals surface area contributed by atoms with Gasteiger partial charge in [0.05, 0.1) is 40.5 Å². The molecule has 32 heavy (non-hydrogen) atoms. The number of carbonyl (C=O) groups is 1. The molecule has 7 nitrogen and oxygen atoms in total. The van der Waals surface area contributed by atoms with Gasteiger partial charge in [-0.05, 0) is 36.4 Å². The van der Waals surface area contributed by atoms with Crippen molar-refractivity contribution < 1.29 is 22.7 Å². The Morgan fingerprint density at radius 3 is 2.28 bits per heavy atom. The summed E-state index contributed by atoms with van der Waals surface area (Å²) in [6, 6.07) is 17.2. The van der Waals surface area contributed by atoms with Gasteiger partial charge in [-0.3, -0.25) is 9.10 Å². The molecule has 0 bridgehead atoms. The molecule has 0 fully saturated rings. The number of nitrogens with zero attached hydrogens (tertiary/aromatic N) is 1. The van der Waals surface area contributed by atoms with E-state index < -0.39 is 22.5 Å². The van der Waals surface area contributed by atoms with Gasteiger partial charge >= 0.3 is 0 Å². The number of hydrogen-bond donors (Lipinski definition) is 1. The van der Waals surface area contributed by atoms with Crippen LogP contribution in [-0.4, -0.2) is 35.1 Å². The highest BCUT2D eigenvalue weighted by atomic mass is 35.5. The van der Waals surface area contributed by atoms with Gasteiger partial charge in [-0.25, -0.2) is 8.42 Å². The molecule has 3 aromatic carbocycles. The zero-order chi connectivity index (χ0) is 23.3. The normalized spacial score (nSPS) is 11.0. The zero-order valence-corrected chi connectivity index (χ0v) is 19.5. The fraction of sp³-hybridized carbons (Fsp3) is 0.136. The van der Waals surface area contributed by atoms with Gasteiger partial charge < -0.3 is 14.8 Å². The Labute approximate surface area is 196 Å². The Bertz CT molecular complexity index is 1220. The van der Waals surface area contributed by atoms with Gasteiger partial charge in [0.2, 0.25) is 5.91 Å². The molecule has 0 aliphatic rings. The second-order valence-corrected chi connectivity index (χ2v) is 9.16. The molecular formula is C22H20Cl2N2O5S. The quantitative estimate of drug-likeness (QED) is 0.483. The number of amides is 1. The van der Waals surface area contributed by atoms with E-state index in [-0.39, 0.29) is 26.3 Å². The van der Waals surface area contributed by atoms with Crippen LogP contribution >= 0.6 is 23.2 Å². The van der Waals surface area contributed by atoms with Crippen molar-refractivity contribution >= 4 is 50.5 Å². The number of ether oxygens (including phenoxy) is 2. The third-order valence-electron chi connectivity index (χ3n) is 4.50. The van der Waals surface area contributed by atoms with Gasteiger partial charge in [-0.15, -0.1) is 0 Å². The Morgan fingerprint density at radius 2 is 1.62 bits per heavy atom. The van der Waals surface area contributed by atoms with Gasteiger partial charge in [0.1, 0.15) is 6.54 Å². The predicted octanol–water partition coefficient (Wildman–Crippen LogP) is 4.84. The highest BCUT2D eigenvalue weighted by Crippen LogP contribution is 2.34. The first-order valence-electron chi connectivity index (χ1n) is 9.31. The molecule has 168 valence electrons. The number of sulfonamides is 1. The highest BCUT2D eigenvalue weighted by Gasteiger charge is 2.28. The number of rotatable bonds is 8. The number of benzene rings is 3.